The molecule has 3 aromatic rings. The van der Waals surface area contributed by atoms with Crippen molar-refractivity contribution in [3.63, 3.8) is 0 Å². The van der Waals surface area contributed by atoms with Crippen LogP contribution in [0.5, 0.6) is 0 Å². The lowest BCUT2D eigenvalue weighted by molar-refractivity contribution is 0.657. The third kappa shape index (κ3) is 2.77. The summed E-state index contributed by atoms with van der Waals surface area (Å²) < 4.78 is 2.02. The van der Waals surface area contributed by atoms with Gasteiger partial charge in [0.15, 0.2) is 5.65 Å². The number of nitrogens with zero attached hydrogens (tertiary/aromatic N) is 4. The molecule has 0 aromatic carbocycles. The summed E-state index contributed by atoms with van der Waals surface area (Å²) in [4.78, 5) is 4.27. The van der Waals surface area contributed by atoms with Crippen molar-refractivity contribution in [1.29, 1.82) is 0 Å². The first-order chi connectivity index (χ1) is 9.43. The Bertz CT molecular complexity index is 647. The van der Waals surface area contributed by atoms with Crippen molar-refractivity contribution >= 4 is 5.65 Å². The first kappa shape index (κ1) is 11.8. The van der Waals surface area contributed by atoms with Gasteiger partial charge in [-0.3, -0.25) is 9.38 Å². The SMILES string of the molecule is c1ccc(CNCCc2nnc3ccccn23)nc1. The van der Waals surface area contributed by atoms with E-state index in [-0.39, 0.29) is 0 Å². The summed E-state index contributed by atoms with van der Waals surface area (Å²) >= 11 is 0. The van der Waals surface area contributed by atoms with Crippen LogP contribution in [0.2, 0.25) is 0 Å². The summed E-state index contributed by atoms with van der Waals surface area (Å²) in [6.45, 7) is 1.63. The third-order valence-corrected chi connectivity index (χ3v) is 2.94. The van der Waals surface area contributed by atoms with Crippen LogP contribution in [-0.2, 0) is 13.0 Å². The molecule has 0 aliphatic heterocycles. The van der Waals surface area contributed by atoms with E-state index in [0.29, 0.717) is 0 Å². The van der Waals surface area contributed by atoms with E-state index in [1.165, 1.54) is 0 Å². The maximum absolute atomic E-state index is 4.27. The third-order valence-electron chi connectivity index (χ3n) is 2.94. The van der Waals surface area contributed by atoms with Crippen LogP contribution in [0.4, 0.5) is 0 Å². The Morgan fingerprint density at radius 2 is 2.00 bits per heavy atom. The van der Waals surface area contributed by atoms with Crippen LogP contribution < -0.4 is 5.32 Å². The van der Waals surface area contributed by atoms with Crippen LogP contribution in [0.25, 0.3) is 5.65 Å². The Kier molecular flexibility index (Phi) is 3.47. The number of nitrogens with one attached hydrogen (secondary N) is 1. The fraction of sp³-hybridized carbons (Fsp3) is 0.214. The van der Waals surface area contributed by atoms with E-state index >= 15 is 0 Å². The molecule has 0 aliphatic rings. The highest BCUT2D eigenvalue weighted by atomic mass is 15.2. The lowest BCUT2D eigenvalue weighted by Gasteiger charge is -2.03. The molecule has 3 aromatic heterocycles. The van der Waals surface area contributed by atoms with Crippen molar-refractivity contribution in [2.75, 3.05) is 6.54 Å². The summed E-state index contributed by atoms with van der Waals surface area (Å²) in [5.41, 5.74) is 1.94. The molecule has 96 valence electrons. The van der Waals surface area contributed by atoms with Crippen LogP contribution in [0.15, 0.2) is 48.8 Å². The quantitative estimate of drug-likeness (QED) is 0.699. The van der Waals surface area contributed by atoms with Gasteiger partial charge in [0.05, 0.1) is 5.69 Å². The van der Waals surface area contributed by atoms with Crippen LogP contribution in [-0.4, -0.2) is 26.1 Å². The predicted octanol–water partition coefficient (Wildman–Crippen LogP) is 1.46. The Morgan fingerprint density at radius 3 is 2.89 bits per heavy atom. The normalized spacial score (nSPS) is 10.9. The molecule has 0 fully saturated rings. The highest BCUT2D eigenvalue weighted by molar-refractivity contribution is 5.36. The molecule has 0 aliphatic carbocycles. The van der Waals surface area contributed by atoms with E-state index in [2.05, 4.69) is 20.5 Å². The Labute approximate surface area is 111 Å². The van der Waals surface area contributed by atoms with Gasteiger partial charge in [0.2, 0.25) is 0 Å². The van der Waals surface area contributed by atoms with Crippen LogP contribution in [0.1, 0.15) is 11.5 Å². The number of hydrogen-bond donors (Lipinski definition) is 1. The molecule has 3 rings (SSSR count). The molecule has 0 atom stereocenters. The first-order valence-electron chi connectivity index (χ1n) is 6.33. The molecule has 1 N–H and O–H groups in total. The van der Waals surface area contributed by atoms with E-state index < -0.39 is 0 Å². The van der Waals surface area contributed by atoms with Gasteiger partial charge in [-0.15, -0.1) is 10.2 Å². The molecule has 3 heterocycles. The van der Waals surface area contributed by atoms with E-state index in [1.54, 1.807) is 0 Å². The lowest BCUT2D eigenvalue weighted by atomic mass is 10.3. The zero-order chi connectivity index (χ0) is 12.9. The summed E-state index contributed by atoms with van der Waals surface area (Å²) in [5, 5.41) is 11.7. The van der Waals surface area contributed by atoms with Crippen LogP contribution >= 0.6 is 0 Å². The van der Waals surface area contributed by atoms with Crippen molar-refractivity contribution in [2.24, 2.45) is 0 Å². The smallest absolute Gasteiger partial charge is 0.160 e. The largest absolute Gasteiger partial charge is 0.311 e. The maximum atomic E-state index is 4.27. The standard InChI is InChI=1S/C14H15N5/c1-3-8-16-12(5-1)11-15-9-7-14-18-17-13-6-2-4-10-19(13)14/h1-6,8,10,15H,7,9,11H2. The van der Waals surface area contributed by atoms with Gasteiger partial charge in [-0.2, -0.15) is 0 Å². The second-order valence-corrected chi connectivity index (χ2v) is 4.29. The van der Waals surface area contributed by atoms with Crippen molar-refractivity contribution in [2.45, 2.75) is 13.0 Å². The number of pyridine rings is 2. The molecule has 0 bridgehead atoms. The monoisotopic (exact) mass is 253 g/mol. The Hall–Kier alpha value is -2.27. The van der Waals surface area contributed by atoms with E-state index in [0.717, 1.165) is 36.7 Å². The number of aromatic nitrogens is 4. The second-order valence-electron chi connectivity index (χ2n) is 4.29. The fourth-order valence-corrected chi connectivity index (χ4v) is 1.98. The lowest BCUT2D eigenvalue weighted by Crippen LogP contribution is -2.18. The number of fused-ring (bicyclic) bond motifs is 1. The van der Waals surface area contributed by atoms with E-state index in [4.69, 9.17) is 0 Å². The average molecular weight is 253 g/mol. The zero-order valence-corrected chi connectivity index (χ0v) is 10.5. The highest BCUT2D eigenvalue weighted by Gasteiger charge is 2.03. The molecule has 0 unspecified atom stereocenters. The van der Waals surface area contributed by atoms with Gasteiger partial charge in [-0.25, -0.2) is 0 Å². The van der Waals surface area contributed by atoms with Crippen molar-refractivity contribution in [3.8, 4) is 0 Å². The molecule has 0 saturated carbocycles. The Morgan fingerprint density at radius 1 is 1.05 bits per heavy atom. The molecule has 0 saturated heterocycles. The Balaban J connectivity index is 1.55. The number of rotatable bonds is 5. The van der Waals surface area contributed by atoms with Gasteiger partial charge < -0.3 is 5.32 Å². The molecule has 0 spiro atoms. The minimum Gasteiger partial charge on any atom is -0.311 e. The fourth-order valence-electron chi connectivity index (χ4n) is 1.98. The molecule has 5 nitrogen and oxygen atoms in total. The van der Waals surface area contributed by atoms with Gasteiger partial charge in [0, 0.05) is 31.9 Å². The average Bonchev–Trinajstić information content (AvgIpc) is 2.88. The minimum absolute atomic E-state index is 0.775. The molecule has 5 heteroatoms. The van der Waals surface area contributed by atoms with Crippen LogP contribution in [0, 0.1) is 0 Å². The maximum Gasteiger partial charge on any atom is 0.160 e. The highest BCUT2D eigenvalue weighted by Crippen LogP contribution is 2.02. The van der Waals surface area contributed by atoms with Gasteiger partial charge >= 0.3 is 0 Å². The summed E-state index contributed by atoms with van der Waals surface area (Å²) in [7, 11) is 0. The van der Waals surface area contributed by atoms with E-state index in [1.807, 2.05) is 53.2 Å². The van der Waals surface area contributed by atoms with Gasteiger partial charge in [-0.1, -0.05) is 12.1 Å². The summed E-state index contributed by atoms with van der Waals surface area (Å²) in [6, 6.07) is 11.8. The van der Waals surface area contributed by atoms with Crippen molar-refractivity contribution in [1.82, 2.24) is 24.9 Å². The molecule has 19 heavy (non-hydrogen) atoms. The molecule has 0 amide bonds. The first-order valence-corrected chi connectivity index (χ1v) is 6.33. The van der Waals surface area contributed by atoms with E-state index in [9.17, 15) is 0 Å². The van der Waals surface area contributed by atoms with Gasteiger partial charge in [0.25, 0.3) is 0 Å². The second kappa shape index (κ2) is 5.58. The molecule has 0 radical (unpaired) electrons. The molecular formula is C14H15N5. The van der Waals surface area contributed by atoms with Crippen molar-refractivity contribution < 1.29 is 0 Å². The van der Waals surface area contributed by atoms with Crippen LogP contribution in [0.3, 0.4) is 0 Å². The zero-order valence-electron chi connectivity index (χ0n) is 10.5. The van der Waals surface area contributed by atoms with Gasteiger partial charge in [0.1, 0.15) is 5.82 Å². The van der Waals surface area contributed by atoms with Crippen molar-refractivity contribution in [3.05, 3.63) is 60.3 Å². The minimum atomic E-state index is 0.775. The predicted molar refractivity (Wildman–Crippen MR) is 72.6 cm³/mol. The summed E-state index contributed by atoms with van der Waals surface area (Å²) in [6.07, 6.45) is 4.64. The van der Waals surface area contributed by atoms with Gasteiger partial charge in [-0.05, 0) is 24.3 Å². The summed E-state index contributed by atoms with van der Waals surface area (Å²) in [5.74, 6) is 0.976. The number of hydrogen-bond acceptors (Lipinski definition) is 4. The molecular weight excluding hydrogens is 238 g/mol. The topological polar surface area (TPSA) is 55.1 Å².